The number of hydrogen-bond donors (Lipinski definition) is 0. The number of nitrogens with zero attached hydrogens (tertiary/aromatic N) is 6. The molecule has 0 heterocycles. The minimum absolute atomic E-state index is 0.0815. The van der Waals surface area contributed by atoms with E-state index in [0.29, 0.717) is 0 Å². The minimum Gasteiger partial charge on any atom is -0.465 e. The molecule has 0 aliphatic heterocycles. The first kappa shape index (κ1) is 14.6. The number of azide groups is 1. The molecule has 0 saturated heterocycles. The molecule has 0 aliphatic rings. The van der Waals surface area contributed by atoms with Crippen LogP contribution >= 0.6 is 0 Å². The molecule has 0 N–H and O–H groups in total. The summed E-state index contributed by atoms with van der Waals surface area (Å²) in [6.07, 6.45) is 0. The van der Waals surface area contributed by atoms with Crippen LogP contribution in [-0.2, 0) is 19.1 Å². The predicted molar refractivity (Wildman–Crippen MR) is 54.3 cm³/mol. The molecule has 0 aromatic carbocycles. The van der Waals surface area contributed by atoms with Crippen molar-refractivity contribution in [1.82, 2.24) is 0 Å². The normalized spacial score (nSPS) is 9.53. The van der Waals surface area contributed by atoms with E-state index in [4.69, 9.17) is 11.1 Å². The number of carbonyl (C=O) groups is 2. The number of rotatable bonds is 6. The topological polar surface area (TPSA) is 150 Å². The fourth-order valence-corrected chi connectivity index (χ4v) is 0.860. The van der Waals surface area contributed by atoms with Gasteiger partial charge in [0.25, 0.3) is 0 Å². The van der Waals surface area contributed by atoms with E-state index in [0.717, 1.165) is 0 Å². The summed E-state index contributed by atoms with van der Waals surface area (Å²) in [6, 6.07) is 0. The first-order chi connectivity index (χ1) is 8.08. The summed E-state index contributed by atoms with van der Waals surface area (Å²) in [5.41, 5.74) is 14.0. The second kappa shape index (κ2) is 6.94. The molecule has 17 heavy (non-hydrogen) atoms. The SMILES string of the molecule is CCOC(=O)C(N=[N+]=[N-])(N=[N+]=[N-])C(=O)OCC. The highest BCUT2D eigenvalue weighted by Crippen LogP contribution is 2.19. The van der Waals surface area contributed by atoms with Crippen molar-refractivity contribution in [3.8, 4) is 0 Å². The maximum absolute atomic E-state index is 11.5. The lowest BCUT2D eigenvalue weighted by Crippen LogP contribution is -2.45. The maximum Gasteiger partial charge on any atom is 0.335 e. The number of hydrogen-bond acceptors (Lipinski definition) is 6. The second-order valence-electron chi connectivity index (χ2n) is 2.49. The first-order valence-corrected chi connectivity index (χ1v) is 4.56. The van der Waals surface area contributed by atoms with Crippen molar-refractivity contribution >= 4 is 11.9 Å². The van der Waals surface area contributed by atoms with Gasteiger partial charge in [-0.15, -0.1) is 0 Å². The molecular formula is C7H10N6O4. The maximum atomic E-state index is 11.5. The van der Waals surface area contributed by atoms with E-state index in [-0.39, 0.29) is 13.2 Å². The zero-order valence-corrected chi connectivity index (χ0v) is 9.23. The summed E-state index contributed by atoms with van der Waals surface area (Å²) in [5.74, 6) is -2.57. The van der Waals surface area contributed by atoms with Gasteiger partial charge in [-0.3, -0.25) is 9.59 Å². The third-order valence-electron chi connectivity index (χ3n) is 1.50. The summed E-state index contributed by atoms with van der Waals surface area (Å²) >= 11 is 0. The summed E-state index contributed by atoms with van der Waals surface area (Å²) in [6.45, 7) is 2.78. The van der Waals surface area contributed by atoms with Gasteiger partial charge in [-0.25, -0.2) is 0 Å². The molecule has 0 atom stereocenters. The fourth-order valence-electron chi connectivity index (χ4n) is 0.860. The number of esters is 2. The van der Waals surface area contributed by atoms with E-state index in [1.54, 1.807) is 0 Å². The highest BCUT2D eigenvalue weighted by molar-refractivity contribution is 6.04. The monoisotopic (exact) mass is 242 g/mol. The molecule has 0 unspecified atom stereocenters. The highest BCUT2D eigenvalue weighted by atomic mass is 16.6. The van der Waals surface area contributed by atoms with Gasteiger partial charge in [0.05, 0.1) is 13.2 Å². The Balaban J connectivity index is 5.57. The lowest BCUT2D eigenvalue weighted by molar-refractivity contribution is -0.163. The van der Waals surface area contributed by atoms with Gasteiger partial charge in [-0.1, -0.05) is 10.2 Å². The average Bonchev–Trinajstić information content (AvgIpc) is 2.29. The van der Waals surface area contributed by atoms with Gasteiger partial charge >= 0.3 is 17.6 Å². The van der Waals surface area contributed by atoms with E-state index in [2.05, 4.69) is 29.5 Å². The van der Waals surface area contributed by atoms with Crippen LogP contribution in [0.25, 0.3) is 20.9 Å². The molecular weight excluding hydrogens is 232 g/mol. The molecule has 0 spiro atoms. The van der Waals surface area contributed by atoms with Crippen LogP contribution < -0.4 is 0 Å². The van der Waals surface area contributed by atoms with Crippen molar-refractivity contribution in [2.24, 2.45) is 10.2 Å². The van der Waals surface area contributed by atoms with Crippen molar-refractivity contribution in [3.05, 3.63) is 20.9 Å². The minimum atomic E-state index is -2.68. The molecule has 0 aliphatic carbocycles. The van der Waals surface area contributed by atoms with Gasteiger partial charge in [0.2, 0.25) is 0 Å². The highest BCUT2D eigenvalue weighted by Gasteiger charge is 2.48. The zero-order valence-electron chi connectivity index (χ0n) is 9.23. The Hall–Kier alpha value is -2.44. The molecule has 0 bridgehead atoms. The molecule has 0 rings (SSSR count). The van der Waals surface area contributed by atoms with E-state index in [1.165, 1.54) is 13.8 Å². The molecule has 92 valence electrons. The third kappa shape index (κ3) is 3.26. The Bertz CT molecular complexity index is 357. The van der Waals surface area contributed by atoms with Crippen molar-refractivity contribution in [2.45, 2.75) is 19.5 Å². The van der Waals surface area contributed by atoms with Gasteiger partial charge in [-0.2, -0.15) is 0 Å². The Morgan fingerprint density at radius 3 is 1.65 bits per heavy atom. The Labute approximate surface area is 95.7 Å². The van der Waals surface area contributed by atoms with Crippen molar-refractivity contribution in [3.63, 3.8) is 0 Å². The molecule has 0 amide bonds. The van der Waals surface area contributed by atoms with Crippen LogP contribution in [0.3, 0.4) is 0 Å². The van der Waals surface area contributed by atoms with E-state index in [9.17, 15) is 9.59 Å². The van der Waals surface area contributed by atoms with Crippen LogP contribution in [0, 0.1) is 0 Å². The Kier molecular flexibility index (Phi) is 5.94. The standard InChI is InChI=1S/C7H10N6O4/c1-3-16-5(14)7(10-12-8,11-13-9)6(15)17-4-2/h3-4H2,1-2H3. The lowest BCUT2D eigenvalue weighted by Gasteiger charge is -2.18. The largest absolute Gasteiger partial charge is 0.465 e. The smallest absolute Gasteiger partial charge is 0.335 e. The fraction of sp³-hybridized carbons (Fsp3) is 0.714. The van der Waals surface area contributed by atoms with Gasteiger partial charge in [-0.05, 0) is 24.9 Å². The third-order valence-corrected chi connectivity index (χ3v) is 1.50. The Morgan fingerprint density at radius 1 is 1.06 bits per heavy atom. The van der Waals surface area contributed by atoms with E-state index < -0.39 is 17.6 Å². The predicted octanol–water partition coefficient (Wildman–Crippen LogP) is 1.43. The molecule has 0 saturated carbocycles. The Morgan fingerprint density at radius 2 is 1.41 bits per heavy atom. The summed E-state index contributed by atoms with van der Waals surface area (Å²) < 4.78 is 9.02. The van der Waals surface area contributed by atoms with Crippen LogP contribution in [0.1, 0.15) is 13.8 Å². The number of ether oxygens (including phenoxy) is 2. The molecule has 10 heteroatoms. The molecule has 10 nitrogen and oxygen atoms in total. The van der Waals surface area contributed by atoms with E-state index >= 15 is 0 Å². The molecule has 0 fully saturated rings. The average molecular weight is 242 g/mol. The van der Waals surface area contributed by atoms with Crippen molar-refractivity contribution < 1.29 is 19.1 Å². The molecule has 0 aromatic heterocycles. The molecule has 0 aromatic rings. The van der Waals surface area contributed by atoms with Gasteiger partial charge in [0.1, 0.15) is 0 Å². The van der Waals surface area contributed by atoms with Crippen molar-refractivity contribution in [2.75, 3.05) is 13.2 Å². The summed E-state index contributed by atoms with van der Waals surface area (Å²) in [4.78, 5) is 27.6. The van der Waals surface area contributed by atoms with Crippen LogP contribution in [-0.4, -0.2) is 30.8 Å². The van der Waals surface area contributed by atoms with Crippen LogP contribution in [0.5, 0.6) is 0 Å². The van der Waals surface area contributed by atoms with Crippen molar-refractivity contribution in [1.29, 1.82) is 0 Å². The van der Waals surface area contributed by atoms with Crippen LogP contribution in [0.15, 0.2) is 10.2 Å². The number of carbonyl (C=O) groups excluding carboxylic acids is 2. The van der Waals surface area contributed by atoms with Crippen LogP contribution in [0.2, 0.25) is 0 Å². The lowest BCUT2D eigenvalue weighted by atomic mass is 10.2. The van der Waals surface area contributed by atoms with Gasteiger partial charge in [0.15, 0.2) is 0 Å². The molecule has 0 radical (unpaired) electrons. The quantitative estimate of drug-likeness (QED) is 0.227. The summed E-state index contributed by atoms with van der Waals surface area (Å²) in [7, 11) is 0. The second-order valence-corrected chi connectivity index (χ2v) is 2.49. The first-order valence-electron chi connectivity index (χ1n) is 4.56. The zero-order chi connectivity index (χ0) is 13.3. The summed E-state index contributed by atoms with van der Waals surface area (Å²) in [5, 5.41) is 5.79. The van der Waals surface area contributed by atoms with Gasteiger partial charge in [0, 0.05) is 9.82 Å². The van der Waals surface area contributed by atoms with Gasteiger partial charge < -0.3 is 9.47 Å². The van der Waals surface area contributed by atoms with E-state index in [1.807, 2.05) is 0 Å². The van der Waals surface area contributed by atoms with Crippen LogP contribution in [0.4, 0.5) is 0 Å².